The lowest BCUT2D eigenvalue weighted by molar-refractivity contribution is -0.110. The molecule has 0 saturated heterocycles. The molecule has 0 fully saturated rings. The van der Waals surface area contributed by atoms with E-state index in [1.54, 1.807) is 5.57 Å². The molecule has 0 radical (unpaired) electrons. The van der Waals surface area contributed by atoms with Gasteiger partial charge in [-0.1, -0.05) is 45.8 Å². The molecule has 0 aromatic rings. The maximum Gasteiger partial charge on any atom is 0.127 e. The summed E-state index contributed by atoms with van der Waals surface area (Å²) in [6.07, 6.45) is 4.65. The summed E-state index contributed by atoms with van der Waals surface area (Å²) in [6.45, 7) is 11.7. The number of aldehydes is 1. The van der Waals surface area contributed by atoms with Gasteiger partial charge in [0.1, 0.15) is 6.29 Å². The van der Waals surface area contributed by atoms with Crippen LogP contribution in [0.3, 0.4) is 0 Å². The van der Waals surface area contributed by atoms with E-state index in [0.717, 1.165) is 6.42 Å². The zero-order valence-corrected chi connectivity index (χ0v) is 11.3. The Hall–Kier alpha value is -0.590. The molecule has 2 atom stereocenters. The molecule has 2 aliphatic rings. The minimum atomic E-state index is 0.197. The minimum absolute atomic E-state index is 0.197. The molecule has 2 rings (SSSR count). The van der Waals surface area contributed by atoms with Crippen LogP contribution in [0.2, 0.25) is 0 Å². The fraction of sp³-hybridized carbons (Fsp3) is 0.800. The van der Waals surface area contributed by atoms with Crippen LogP contribution < -0.4 is 0 Å². The van der Waals surface area contributed by atoms with Gasteiger partial charge < -0.3 is 4.79 Å². The molecule has 16 heavy (non-hydrogen) atoms. The largest absolute Gasteiger partial charge is 0.303 e. The van der Waals surface area contributed by atoms with Crippen LogP contribution in [0.15, 0.2) is 11.1 Å². The van der Waals surface area contributed by atoms with E-state index < -0.39 is 0 Å². The zero-order valence-electron chi connectivity index (χ0n) is 11.3. The SMILES string of the molecule is C[C@H]1C(C)(C)C2=C([C@H](C=O)CCC2)C1(C)C. The minimum Gasteiger partial charge on any atom is -0.303 e. The van der Waals surface area contributed by atoms with E-state index in [1.165, 1.54) is 24.7 Å². The van der Waals surface area contributed by atoms with Gasteiger partial charge in [-0.3, -0.25) is 0 Å². The summed E-state index contributed by atoms with van der Waals surface area (Å²) in [7, 11) is 0. The molecule has 0 aliphatic heterocycles. The Bertz CT molecular complexity index is 346. The Morgan fingerprint density at radius 3 is 2.38 bits per heavy atom. The van der Waals surface area contributed by atoms with Gasteiger partial charge >= 0.3 is 0 Å². The van der Waals surface area contributed by atoms with Gasteiger partial charge in [0, 0.05) is 5.92 Å². The normalized spacial score (nSPS) is 36.1. The number of rotatable bonds is 1. The average molecular weight is 220 g/mol. The third-order valence-electron chi connectivity index (χ3n) is 5.44. The van der Waals surface area contributed by atoms with Crippen molar-refractivity contribution in [3.05, 3.63) is 11.1 Å². The summed E-state index contributed by atoms with van der Waals surface area (Å²) in [5.41, 5.74) is 3.55. The zero-order chi connectivity index (χ0) is 12.1. The predicted octanol–water partition coefficient (Wildman–Crippen LogP) is 3.98. The number of allylic oxidation sites excluding steroid dienone is 2. The second kappa shape index (κ2) is 3.45. The van der Waals surface area contributed by atoms with Crippen LogP contribution in [0.4, 0.5) is 0 Å². The van der Waals surface area contributed by atoms with E-state index in [9.17, 15) is 4.79 Å². The Balaban J connectivity index is 2.57. The van der Waals surface area contributed by atoms with Crippen molar-refractivity contribution in [2.24, 2.45) is 22.7 Å². The second-order valence-corrected chi connectivity index (χ2v) is 6.69. The Labute approximate surface area is 99.3 Å². The predicted molar refractivity (Wildman–Crippen MR) is 67.2 cm³/mol. The van der Waals surface area contributed by atoms with Gasteiger partial charge in [0.2, 0.25) is 0 Å². The van der Waals surface area contributed by atoms with E-state index in [2.05, 4.69) is 34.6 Å². The van der Waals surface area contributed by atoms with Crippen LogP contribution in [-0.4, -0.2) is 6.29 Å². The summed E-state index contributed by atoms with van der Waals surface area (Å²) in [6, 6.07) is 0. The highest BCUT2D eigenvalue weighted by Gasteiger charge is 2.52. The highest BCUT2D eigenvalue weighted by atomic mass is 16.1. The summed E-state index contributed by atoms with van der Waals surface area (Å²) in [5.74, 6) is 0.827. The first-order valence-electron chi connectivity index (χ1n) is 6.52. The Morgan fingerprint density at radius 1 is 1.19 bits per heavy atom. The standard InChI is InChI=1S/C15H24O/c1-10-14(2,3)12-8-6-7-11(9-16)13(12)15(10,4)5/h9-11H,6-8H2,1-5H3/t10-,11-/m0/s1. The lowest BCUT2D eigenvalue weighted by atomic mass is 9.69. The molecular weight excluding hydrogens is 196 g/mol. The van der Waals surface area contributed by atoms with Crippen molar-refractivity contribution in [3.63, 3.8) is 0 Å². The molecule has 90 valence electrons. The topological polar surface area (TPSA) is 17.1 Å². The fourth-order valence-electron chi connectivity index (χ4n) is 4.07. The highest BCUT2D eigenvalue weighted by molar-refractivity contribution is 5.62. The van der Waals surface area contributed by atoms with Gasteiger partial charge in [0.15, 0.2) is 0 Å². The van der Waals surface area contributed by atoms with Crippen molar-refractivity contribution in [3.8, 4) is 0 Å². The lowest BCUT2D eigenvalue weighted by Crippen LogP contribution is -2.29. The third kappa shape index (κ3) is 1.33. The van der Waals surface area contributed by atoms with E-state index in [0.29, 0.717) is 5.92 Å². The van der Waals surface area contributed by atoms with Crippen LogP contribution in [0.1, 0.15) is 53.9 Å². The van der Waals surface area contributed by atoms with Gasteiger partial charge in [-0.15, -0.1) is 0 Å². The molecule has 0 amide bonds. The first-order valence-corrected chi connectivity index (χ1v) is 6.52. The summed E-state index contributed by atoms with van der Waals surface area (Å²) >= 11 is 0. The molecule has 0 unspecified atom stereocenters. The molecule has 2 aliphatic carbocycles. The Kier molecular flexibility index (Phi) is 2.56. The van der Waals surface area contributed by atoms with Crippen LogP contribution in [-0.2, 0) is 4.79 Å². The molecule has 0 bridgehead atoms. The van der Waals surface area contributed by atoms with Gasteiger partial charge in [-0.25, -0.2) is 0 Å². The van der Waals surface area contributed by atoms with E-state index in [-0.39, 0.29) is 16.7 Å². The second-order valence-electron chi connectivity index (χ2n) is 6.69. The van der Waals surface area contributed by atoms with Crippen LogP contribution in [0, 0.1) is 22.7 Å². The smallest absolute Gasteiger partial charge is 0.127 e. The molecule has 0 aromatic carbocycles. The summed E-state index contributed by atoms with van der Waals surface area (Å²) in [5, 5.41) is 0. The van der Waals surface area contributed by atoms with Gasteiger partial charge in [-0.2, -0.15) is 0 Å². The molecule has 0 heterocycles. The van der Waals surface area contributed by atoms with Gasteiger partial charge in [0.05, 0.1) is 0 Å². The van der Waals surface area contributed by atoms with Crippen molar-refractivity contribution >= 4 is 6.29 Å². The number of carbonyl (C=O) groups excluding carboxylic acids is 1. The van der Waals surface area contributed by atoms with Crippen LogP contribution >= 0.6 is 0 Å². The third-order valence-corrected chi connectivity index (χ3v) is 5.44. The van der Waals surface area contributed by atoms with Gasteiger partial charge in [-0.05, 0) is 36.0 Å². The summed E-state index contributed by atoms with van der Waals surface area (Å²) in [4.78, 5) is 11.3. The quantitative estimate of drug-likeness (QED) is 0.482. The van der Waals surface area contributed by atoms with Crippen molar-refractivity contribution < 1.29 is 4.79 Å². The van der Waals surface area contributed by atoms with Crippen molar-refractivity contribution in [1.82, 2.24) is 0 Å². The maximum absolute atomic E-state index is 11.3. The number of hydrogen-bond donors (Lipinski definition) is 0. The first kappa shape index (κ1) is 11.9. The molecule has 0 N–H and O–H groups in total. The van der Waals surface area contributed by atoms with Gasteiger partial charge in [0.25, 0.3) is 0 Å². The monoisotopic (exact) mass is 220 g/mol. The number of carbonyl (C=O) groups is 1. The summed E-state index contributed by atoms with van der Waals surface area (Å²) < 4.78 is 0. The molecule has 1 heteroatoms. The maximum atomic E-state index is 11.3. The Morgan fingerprint density at radius 2 is 1.81 bits per heavy atom. The van der Waals surface area contributed by atoms with Crippen molar-refractivity contribution in [1.29, 1.82) is 0 Å². The molecule has 0 saturated carbocycles. The van der Waals surface area contributed by atoms with E-state index in [1.807, 2.05) is 0 Å². The average Bonchev–Trinajstić information content (AvgIpc) is 2.38. The van der Waals surface area contributed by atoms with Crippen molar-refractivity contribution in [2.75, 3.05) is 0 Å². The number of hydrogen-bond acceptors (Lipinski definition) is 1. The van der Waals surface area contributed by atoms with E-state index >= 15 is 0 Å². The first-order chi connectivity index (χ1) is 7.33. The molecular formula is C15H24O. The fourth-order valence-corrected chi connectivity index (χ4v) is 4.07. The highest BCUT2D eigenvalue weighted by Crippen LogP contribution is 2.61. The van der Waals surface area contributed by atoms with Crippen molar-refractivity contribution in [2.45, 2.75) is 53.9 Å². The molecule has 0 aromatic heterocycles. The van der Waals surface area contributed by atoms with Crippen LogP contribution in [0.25, 0.3) is 0 Å². The van der Waals surface area contributed by atoms with Crippen LogP contribution in [0.5, 0.6) is 0 Å². The lowest BCUT2D eigenvalue weighted by Gasteiger charge is -2.35. The molecule has 1 nitrogen and oxygen atoms in total. The van der Waals surface area contributed by atoms with E-state index in [4.69, 9.17) is 0 Å². The molecule has 0 spiro atoms.